The molecule has 1 heterocycles. The van der Waals surface area contributed by atoms with Crippen LogP contribution in [0.1, 0.15) is 11.1 Å². The first-order valence-corrected chi connectivity index (χ1v) is 5.56. The Kier molecular flexibility index (Phi) is 3.91. The fourth-order valence-corrected chi connectivity index (χ4v) is 1.43. The van der Waals surface area contributed by atoms with Crippen LogP contribution in [-0.2, 0) is 11.3 Å². The van der Waals surface area contributed by atoms with Crippen LogP contribution in [0, 0.1) is 6.92 Å². The third kappa shape index (κ3) is 3.31. The Morgan fingerprint density at radius 3 is 2.67 bits per heavy atom. The Morgan fingerprint density at radius 2 is 1.94 bits per heavy atom. The van der Waals surface area contributed by atoms with Gasteiger partial charge in [0, 0.05) is 12.3 Å². The van der Waals surface area contributed by atoms with Crippen LogP contribution in [0.5, 0.6) is 5.88 Å². The lowest BCUT2D eigenvalue weighted by molar-refractivity contribution is 0.0911. The standard InChI is InChI=1S/C14H13NO3/c1-11-6-2-3-7-12(11)10-17-14(16)18-13-8-4-5-9-15-13/h2-9H,10H2,1H3. The molecule has 0 aliphatic rings. The smallest absolute Gasteiger partial charge is 0.429 e. The van der Waals surface area contributed by atoms with Gasteiger partial charge in [0.1, 0.15) is 6.61 Å². The molecular formula is C14H13NO3. The van der Waals surface area contributed by atoms with Crippen molar-refractivity contribution in [3.63, 3.8) is 0 Å². The number of hydrogen-bond donors (Lipinski definition) is 0. The van der Waals surface area contributed by atoms with Crippen molar-refractivity contribution in [2.75, 3.05) is 0 Å². The fourth-order valence-electron chi connectivity index (χ4n) is 1.43. The van der Waals surface area contributed by atoms with Gasteiger partial charge in [-0.25, -0.2) is 9.78 Å². The van der Waals surface area contributed by atoms with Crippen molar-refractivity contribution in [3.8, 4) is 5.88 Å². The summed E-state index contributed by atoms with van der Waals surface area (Å²) in [5.41, 5.74) is 2.03. The number of hydrogen-bond acceptors (Lipinski definition) is 4. The van der Waals surface area contributed by atoms with Crippen LogP contribution >= 0.6 is 0 Å². The molecule has 0 aliphatic carbocycles. The maximum Gasteiger partial charge on any atom is 0.515 e. The van der Waals surface area contributed by atoms with E-state index in [-0.39, 0.29) is 12.5 Å². The minimum Gasteiger partial charge on any atom is -0.429 e. The zero-order valence-electron chi connectivity index (χ0n) is 10.00. The van der Waals surface area contributed by atoms with Gasteiger partial charge in [0.2, 0.25) is 5.88 Å². The highest BCUT2D eigenvalue weighted by Crippen LogP contribution is 2.10. The molecule has 0 amide bonds. The Morgan fingerprint density at radius 1 is 1.17 bits per heavy atom. The van der Waals surface area contributed by atoms with Gasteiger partial charge in [-0.1, -0.05) is 30.3 Å². The predicted molar refractivity (Wildman–Crippen MR) is 66.2 cm³/mol. The van der Waals surface area contributed by atoms with Crippen molar-refractivity contribution in [1.82, 2.24) is 4.98 Å². The predicted octanol–water partition coefficient (Wildman–Crippen LogP) is 3.11. The molecule has 18 heavy (non-hydrogen) atoms. The van der Waals surface area contributed by atoms with Gasteiger partial charge < -0.3 is 9.47 Å². The highest BCUT2D eigenvalue weighted by Gasteiger charge is 2.07. The molecule has 1 aromatic heterocycles. The van der Waals surface area contributed by atoms with E-state index in [1.165, 1.54) is 0 Å². The van der Waals surface area contributed by atoms with E-state index >= 15 is 0 Å². The first-order chi connectivity index (χ1) is 8.75. The molecule has 4 nitrogen and oxygen atoms in total. The largest absolute Gasteiger partial charge is 0.515 e. The number of nitrogens with zero attached hydrogens (tertiary/aromatic N) is 1. The van der Waals surface area contributed by atoms with Crippen molar-refractivity contribution in [1.29, 1.82) is 0 Å². The van der Waals surface area contributed by atoms with Crippen LogP contribution < -0.4 is 4.74 Å². The van der Waals surface area contributed by atoms with Crippen LogP contribution in [0.15, 0.2) is 48.7 Å². The molecule has 0 atom stereocenters. The first kappa shape index (κ1) is 12.1. The van der Waals surface area contributed by atoms with Gasteiger partial charge in [0.05, 0.1) is 0 Å². The molecule has 0 bridgehead atoms. The molecule has 2 rings (SSSR count). The van der Waals surface area contributed by atoms with Crippen molar-refractivity contribution in [2.45, 2.75) is 13.5 Å². The van der Waals surface area contributed by atoms with E-state index < -0.39 is 6.16 Å². The molecule has 0 spiro atoms. The Bertz CT molecular complexity index is 526. The number of carbonyl (C=O) groups is 1. The van der Waals surface area contributed by atoms with Gasteiger partial charge in [0.25, 0.3) is 0 Å². The van der Waals surface area contributed by atoms with Crippen molar-refractivity contribution >= 4 is 6.16 Å². The molecular weight excluding hydrogens is 230 g/mol. The van der Waals surface area contributed by atoms with E-state index in [4.69, 9.17) is 9.47 Å². The van der Waals surface area contributed by atoms with Gasteiger partial charge in [-0.3, -0.25) is 0 Å². The molecule has 4 heteroatoms. The summed E-state index contributed by atoms with van der Waals surface area (Å²) in [5.74, 6) is 0.229. The summed E-state index contributed by atoms with van der Waals surface area (Å²) in [5, 5.41) is 0. The fraction of sp³-hybridized carbons (Fsp3) is 0.143. The number of aryl methyl sites for hydroxylation is 1. The lowest BCUT2D eigenvalue weighted by atomic mass is 10.1. The summed E-state index contributed by atoms with van der Waals surface area (Å²) < 4.78 is 9.92. The molecule has 0 saturated heterocycles. The summed E-state index contributed by atoms with van der Waals surface area (Å²) in [6.45, 7) is 2.15. The molecule has 0 N–H and O–H groups in total. The Hall–Kier alpha value is -2.36. The van der Waals surface area contributed by atoms with Gasteiger partial charge in [-0.15, -0.1) is 0 Å². The van der Waals surface area contributed by atoms with Gasteiger partial charge in [-0.2, -0.15) is 0 Å². The van der Waals surface area contributed by atoms with Crippen LogP contribution in [0.2, 0.25) is 0 Å². The minimum atomic E-state index is -0.753. The summed E-state index contributed by atoms with van der Waals surface area (Å²) in [6.07, 6.45) is 0.793. The SMILES string of the molecule is Cc1ccccc1COC(=O)Oc1ccccn1. The quantitative estimate of drug-likeness (QED) is 0.777. The second-order valence-corrected chi connectivity index (χ2v) is 3.74. The molecule has 1 aromatic carbocycles. The third-order valence-corrected chi connectivity index (χ3v) is 2.43. The van der Waals surface area contributed by atoms with Gasteiger partial charge >= 0.3 is 6.16 Å². The van der Waals surface area contributed by atoms with Crippen LogP contribution in [0.3, 0.4) is 0 Å². The molecule has 2 aromatic rings. The zero-order chi connectivity index (χ0) is 12.8. The second kappa shape index (κ2) is 5.82. The summed E-state index contributed by atoms with van der Waals surface area (Å²) in [7, 11) is 0. The highest BCUT2D eigenvalue weighted by atomic mass is 16.7. The maximum absolute atomic E-state index is 11.4. The number of rotatable bonds is 3. The van der Waals surface area contributed by atoms with Crippen LogP contribution in [0.25, 0.3) is 0 Å². The summed E-state index contributed by atoms with van der Waals surface area (Å²) >= 11 is 0. The molecule has 0 aliphatic heterocycles. The average Bonchev–Trinajstić information content (AvgIpc) is 2.39. The monoisotopic (exact) mass is 243 g/mol. The summed E-state index contributed by atoms with van der Waals surface area (Å²) in [6, 6.07) is 12.8. The van der Waals surface area contributed by atoms with E-state index in [2.05, 4.69) is 4.98 Å². The van der Waals surface area contributed by atoms with Crippen molar-refractivity contribution in [2.24, 2.45) is 0 Å². The van der Waals surface area contributed by atoms with Crippen LogP contribution in [-0.4, -0.2) is 11.1 Å². The number of aromatic nitrogens is 1. The Balaban J connectivity index is 1.88. The highest BCUT2D eigenvalue weighted by molar-refractivity contribution is 5.63. The number of carbonyl (C=O) groups excluding carboxylic acids is 1. The molecule has 0 fully saturated rings. The summed E-state index contributed by atoms with van der Waals surface area (Å²) in [4.78, 5) is 15.3. The normalized spacial score (nSPS) is 9.83. The van der Waals surface area contributed by atoms with E-state index in [1.807, 2.05) is 31.2 Å². The van der Waals surface area contributed by atoms with Crippen molar-refractivity contribution in [3.05, 3.63) is 59.8 Å². The number of pyridine rings is 1. The Labute approximate surface area is 105 Å². The molecule has 0 saturated carbocycles. The first-order valence-electron chi connectivity index (χ1n) is 5.56. The zero-order valence-corrected chi connectivity index (χ0v) is 10.00. The topological polar surface area (TPSA) is 48.4 Å². The lowest BCUT2D eigenvalue weighted by Gasteiger charge is -2.07. The molecule has 92 valence electrons. The number of ether oxygens (including phenoxy) is 2. The third-order valence-electron chi connectivity index (χ3n) is 2.43. The van der Waals surface area contributed by atoms with Gasteiger partial charge in [0.15, 0.2) is 0 Å². The lowest BCUT2D eigenvalue weighted by Crippen LogP contribution is -2.11. The van der Waals surface area contributed by atoms with E-state index in [0.29, 0.717) is 0 Å². The van der Waals surface area contributed by atoms with Crippen LogP contribution in [0.4, 0.5) is 4.79 Å². The maximum atomic E-state index is 11.4. The second-order valence-electron chi connectivity index (χ2n) is 3.74. The van der Waals surface area contributed by atoms with Crippen molar-refractivity contribution < 1.29 is 14.3 Å². The van der Waals surface area contributed by atoms with E-state index in [1.54, 1.807) is 24.4 Å². The minimum absolute atomic E-state index is 0.193. The number of benzene rings is 1. The van der Waals surface area contributed by atoms with E-state index in [0.717, 1.165) is 11.1 Å². The molecule has 0 radical (unpaired) electrons. The van der Waals surface area contributed by atoms with Gasteiger partial charge in [-0.05, 0) is 24.1 Å². The average molecular weight is 243 g/mol. The molecule has 0 unspecified atom stereocenters. The van der Waals surface area contributed by atoms with E-state index in [9.17, 15) is 4.79 Å².